The predicted molar refractivity (Wildman–Crippen MR) is 114 cm³/mol. The third kappa shape index (κ3) is 3.41. The summed E-state index contributed by atoms with van der Waals surface area (Å²) in [5.41, 5.74) is 3.77. The lowest BCUT2D eigenvalue weighted by molar-refractivity contribution is 0.0976. The SMILES string of the molecule is C#Cc1cccc(Nc2nc3cc(C(=O)CC4CC4)ccc3c3cncnc23)c1. The van der Waals surface area contributed by atoms with E-state index >= 15 is 0 Å². The Morgan fingerprint density at radius 3 is 2.90 bits per heavy atom. The summed E-state index contributed by atoms with van der Waals surface area (Å²) in [5.74, 6) is 3.97. The van der Waals surface area contributed by atoms with E-state index in [2.05, 4.69) is 21.2 Å². The molecule has 0 unspecified atom stereocenters. The zero-order valence-electron chi connectivity index (χ0n) is 15.7. The molecular weight excluding hydrogens is 360 g/mol. The van der Waals surface area contributed by atoms with Crippen molar-refractivity contribution in [3.8, 4) is 12.3 Å². The summed E-state index contributed by atoms with van der Waals surface area (Å²) in [5, 5.41) is 5.13. The Bertz CT molecular complexity index is 1300. The van der Waals surface area contributed by atoms with Gasteiger partial charge in [0.25, 0.3) is 0 Å². The van der Waals surface area contributed by atoms with Crippen LogP contribution in [0.1, 0.15) is 35.2 Å². The third-order valence-corrected chi connectivity index (χ3v) is 5.24. The average molecular weight is 378 g/mol. The Morgan fingerprint density at radius 2 is 2.07 bits per heavy atom. The lowest BCUT2D eigenvalue weighted by atomic mass is 10.0. The molecule has 29 heavy (non-hydrogen) atoms. The molecule has 5 heteroatoms. The zero-order chi connectivity index (χ0) is 19.8. The molecule has 2 aromatic carbocycles. The van der Waals surface area contributed by atoms with Crippen molar-refractivity contribution in [3.05, 3.63) is 66.1 Å². The molecule has 0 atom stereocenters. The van der Waals surface area contributed by atoms with Gasteiger partial charge in [-0.3, -0.25) is 4.79 Å². The number of Topliss-reactive ketones (excluding diaryl/α,β-unsaturated/α-hetero) is 1. The molecule has 1 saturated carbocycles. The number of nitrogens with one attached hydrogen (secondary N) is 1. The summed E-state index contributed by atoms with van der Waals surface area (Å²) in [4.78, 5) is 26.0. The highest BCUT2D eigenvalue weighted by Crippen LogP contribution is 2.34. The fourth-order valence-corrected chi connectivity index (χ4v) is 3.53. The van der Waals surface area contributed by atoms with E-state index in [-0.39, 0.29) is 5.78 Å². The van der Waals surface area contributed by atoms with Gasteiger partial charge in [0, 0.05) is 40.2 Å². The molecule has 2 aromatic heterocycles. The summed E-state index contributed by atoms with van der Waals surface area (Å²) < 4.78 is 0. The highest BCUT2D eigenvalue weighted by Gasteiger charge is 2.25. The van der Waals surface area contributed by atoms with Gasteiger partial charge in [-0.15, -0.1) is 6.42 Å². The first-order valence-corrected chi connectivity index (χ1v) is 9.61. The fourth-order valence-electron chi connectivity index (χ4n) is 3.53. The maximum Gasteiger partial charge on any atom is 0.163 e. The van der Waals surface area contributed by atoms with Crippen LogP contribution in [0.2, 0.25) is 0 Å². The molecule has 1 aliphatic carbocycles. The molecule has 1 N–H and O–H groups in total. The predicted octanol–water partition coefficient (Wildman–Crippen LogP) is 4.89. The van der Waals surface area contributed by atoms with Gasteiger partial charge in [0.05, 0.1) is 5.52 Å². The highest BCUT2D eigenvalue weighted by molar-refractivity contribution is 6.10. The van der Waals surface area contributed by atoms with Crippen molar-refractivity contribution in [1.29, 1.82) is 0 Å². The molecule has 5 nitrogen and oxygen atoms in total. The van der Waals surface area contributed by atoms with Crippen molar-refractivity contribution >= 4 is 39.1 Å². The lowest BCUT2D eigenvalue weighted by Gasteiger charge is -2.11. The number of carbonyl (C=O) groups is 1. The number of rotatable bonds is 5. The van der Waals surface area contributed by atoms with Crippen molar-refractivity contribution in [2.45, 2.75) is 19.3 Å². The molecule has 0 bridgehead atoms. The molecule has 1 aliphatic rings. The van der Waals surface area contributed by atoms with Crippen molar-refractivity contribution in [1.82, 2.24) is 15.0 Å². The minimum Gasteiger partial charge on any atom is -0.338 e. The van der Waals surface area contributed by atoms with Gasteiger partial charge in [-0.25, -0.2) is 15.0 Å². The van der Waals surface area contributed by atoms with Crippen LogP contribution in [0.25, 0.3) is 21.8 Å². The molecule has 4 aromatic rings. The van der Waals surface area contributed by atoms with Gasteiger partial charge in [0.1, 0.15) is 11.8 Å². The second kappa shape index (κ2) is 6.99. The van der Waals surface area contributed by atoms with Crippen LogP contribution in [0.15, 0.2) is 55.0 Å². The van der Waals surface area contributed by atoms with Crippen LogP contribution in [0.5, 0.6) is 0 Å². The van der Waals surface area contributed by atoms with E-state index in [4.69, 9.17) is 11.4 Å². The minimum absolute atomic E-state index is 0.178. The molecule has 0 saturated heterocycles. The summed E-state index contributed by atoms with van der Waals surface area (Å²) >= 11 is 0. The number of benzene rings is 2. The molecule has 0 amide bonds. The van der Waals surface area contributed by atoms with E-state index < -0.39 is 0 Å². The maximum atomic E-state index is 12.6. The van der Waals surface area contributed by atoms with Crippen molar-refractivity contribution < 1.29 is 4.79 Å². The number of carbonyl (C=O) groups excluding carboxylic acids is 1. The monoisotopic (exact) mass is 378 g/mol. The second-order valence-electron chi connectivity index (χ2n) is 7.40. The van der Waals surface area contributed by atoms with Crippen LogP contribution >= 0.6 is 0 Å². The normalized spacial score (nSPS) is 13.3. The van der Waals surface area contributed by atoms with Crippen molar-refractivity contribution in [2.24, 2.45) is 5.92 Å². The Kier molecular flexibility index (Phi) is 4.18. The van der Waals surface area contributed by atoms with E-state index in [1.54, 1.807) is 6.20 Å². The number of anilines is 2. The summed E-state index contributed by atoms with van der Waals surface area (Å²) in [6.07, 6.45) is 11.7. The third-order valence-electron chi connectivity index (χ3n) is 5.24. The Hall–Kier alpha value is -3.78. The molecule has 0 radical (unpaired) electrons. The molecule has 140 valence electrons. The van der Waals surface area contributed by atoms with Crippen LogP contribution in [0.3, 0.4) is 0 Å². The van der Waals surface area contributed by atoms with Crippen LogP contribution in [-0.2, 0) is 0 Å². The van der Waals surface area contributed by atoms with Gasteiger partial charge in [-0.1, -0.05) is 24.1 Å². The van der Waals surface area contributed by atoms with E-state index in [0.29, 0.717) is 23.7 Å². The largest absolute Gasteiger partial charge is 0.338 e. The number of terminal acetylenes is 1. The van der Waals surface area contributed by atoms with Crippen molar-refractivity contribution in [2.75, 3.05) is 5.32 Å². The molecular formula is C24H18N4O. The fraction of sp³-hybridized carbons (Fsp3) is 0.167. The second-order valence-corrected chi connectivity index (χ2v) is 7.40. The number of aromatic nitrogens is 3. The van der Waals surface area contributed by atoms with Gasteiger partial charge >= 0.3 is 0 Å². The van der Waals surface area contributed by atoms with Crippen LogP contribution in [0.4, 0.5) is 11.5 Å². The Morgan fingerprint density at radius 1 is 1.17 bits per heavy atom. The molecule has 2 heterocycles. The molecule has 1 fully saturated rings. The number of hydrogen-bond acceptors (Lipinski definition) is 5. The summed E-state index contributed by atoms with van der Waals surface area (Å²) in [7, 11) is 0. The number of hydrogen-bond donors (Lipinski definition) is 1. The van der Waals surface area contributed by atoms with Gasteiger partial charge in [0.2, 0.25) is 0 Å². The number of pyridine rings is 1. The van der Waals surface area contributed by atoms with Gasteiger partial charge in [-0.2, -0.15) is 0 Å². The van der Waals surface area contributed by atoms with Gasteiger partial charge in [0.15, 0.2) is 11.6 Å². The van der Waals surface area contributed by atoms with Gasteiger partial charge < -0.3 is 5.32 Å². The van der Waals surface area contributed by atoms with Crippen LogP contribution < -0.4 is 5.32 Å². The molecule has 0 aliphatic heterocycles. The number of fused-ring (bicyclic) bond motifs is 3. The van der Waals surface area contributed by atoms with E-state index in [1.807, 2.05) is 42.5 Å². The quantitative estimate of drug-likeness (QED) is 0.304. The lowest BCUT2D eigenvalue weighted by Crippen LogP contribution is -2.02. The van der Waals surface area contributed by atoms with E-state index in [1.165, 1.54) is 6.33 Å². The van der Waals surface area contributed by atoms with E-state index in [9.17, 15) is 4.79 Å². The topological polar surface area (TPSA) is 67.8 Å². The van der Waals surface area contributed by atoms with Crippen molar-refractivity contribution in [3.63, 3.8) is 0 Å². The number of nitrogens with zero attached hydrogens (tertiary/aromatic N) is 3. The minimum atomic E-state index is 0.178. The Labute approximate surface area is 168 Å². The standard InChI is InChI=1S/C24H18N4O/c1-2-15-4-3-5-18(10-15)27-24-23-20(13-25-14-26-23)19-9-8-17(12-21(19)28-24)22(29)11-16-6-7-16/h1,3-5,8-10,12-14,16H,6-7,11H2,(H,27,28). The molecule has 0 spiro atoms. The van der Waals surface area contributed by atoms with Crippen LogP contribution in [0, 0.1) is 18.3 Å². The average Bonchev–Trinajstić information content (AvgIpc) is 3.57. The maximum absolute atomic E-state index is 12.6. The first-order valence-electron chi connectivity index (χ1n) is 9.61. The first-order chi connectivity index (χ1) is 14.2. The summed E-state index contributed by atoms with van der Waals surface area (Å²) in [6, 6.07) is 13.3. The Balaban J connectivity index is 1.62. The smallest absolute Gasteiger partial charge is 0.163 e. The van der Waals surface area contributed by atoms with E-state index in [0.717, 1.165) is 45.9 Å². The molecule has 5 rings (SSSR count). The van der Waals surface area contributed by atoms with Crippen LogP contribution in [-0.4, -0.2) is 20.7 Å². The number of ketones is 1. The zero-order valence-corrected chi connectivity index (χ0v) is 15.7. The first kappa shape index (κ1) is 17.3. The highest BCUT2D eigenvalue weighted by atomic mass is 16.1. The summed E-state index contributed by atoms with van der Waals surface area (Å²) in [6.45, 7) is 0. The van der Waals surface area contributed by atoms with Gasteiger partial charge in [-0.05, 0) is 43.0 Å².